The minimum absolute atomic E-state index is 0.146. The Kier molecular flexibility index (Phi) is 4.84. The summed E-state index contributed by atoms with van der Waals surface area (Å²) in [5.41, 5.74) is 1.12. The Morgan fingerprint density at radius 2 is 1.73 bits per heavy atom. The number of carbonyl (C=O) groups excluding carboxylic acids is 1. The van der Waals surface area contributed by atoms with E-state index >= 15 is 0 Å². The first-order valence-electron chi connectivity index (χ1n) is 8.17. The topological polar surface area (TPSA) is 79.6 Å². The van der Waals surface area contributed by atoms with Crippen molar-refractivity contribution in [3.63, 3.8) is 0 Å². The molecule has 0 atom stereocenters. The Morgan fingerprint density at radius 3 is 2.35 bits per heavy atom. The number of benzene rings is 2. The number of rotatable bonds is 5. The summed E-state index contributed by atoms with van der Waals surface area (Å²) in [5.74, 6) is -0.196. The lowest BCUT2D eigenvalue weighted by Gasteiger charge is -2.21. The molecular weight excluding hydrogens is 352 g/mol. The third-order valence-corrected chi connectivity index (χ3v) is 6.21. The van der Waals surface area contributed by atoms with Gasteiger partial charge in [-0.15, -0.1) is 0 Å². The van der Waals surface area contributed by atoms with E-state index < -0.39 is 15.9 Å². The van der Waals surface area contributed by atoms with Crippen LogP contribution in [0.5, 0.6) is 0 Å². The fourth-order valence-electron chi connectivity index (χ4n) is 2.44. The van der Waals surface area contributed by atoms with E-state index in [9.17, 15) is 13.2 Å². The van der Waals surface area contributed by atoms with Crippen LogP contribution in [-0.2, 0) is 10.0 Å². The molecule has 6 nitrogen and oxygen atoms in total. The van der Waals surface area contributed by atoms with Crippen LogP contribution in [0.3, 0.4) is 0 Å². The van der Waals surface area contributed by atoms with Crippen LogP contribution < -0.4 is 5.32 Å². The van der Waals surface area contributed by atoms with Gasteiger partial charge in [-0.05, 0) is 50.2 Å². The highest BCUT2D eigenvalue weighted by Gasteiger charge is 2.23. The van der Waals surface area contributed by atoms with E-state index in [-0.39, 0.29) is 16.7 Å². The Balaban J connectivity index is 1.78. The van der Waals surface area contributed by atoms with Crippen molar-refractivity contribution >= 4 is 32.6 Å². The fraction of sp³-hybridized carbons (Fsp3) is 0.211. The zero-order valence-corrected chi connectivity index (χ0v) is 15.6. The van der Waals surface area contributed by atoms with Gasteiger partial charge in [0.15, 0.2) is 5.76 Å². The average Bonchev–Trinajstić information content (AvgIpc) is 3.05. The second-order valence-corrected chi connectivity index (χ2v) is 8.24. The summed E-state index contributed by atoms with van der Waals surface area (Å²) in [6.45, 7) is 3.61. The van der Waals surface area contributed by atoms with Crippen LogP contribution in [-0.4, -0.2) is 31.7 Å². The third kappa shape index (κ3) is 3.49. The minimum Gasteiger partial charge on any atom is -0.451 e. The molecule has 0 bridgehead atoms. The Hall–Kier alpha value is -2.64. The van der Waals surface area contributed by atoms with Gasteiger partial charge in [0.2, 0.25) is 10.0 Å². The highest BCUT2D eigenvalue weighted by atomic mass is 32.2. The second-order valence-electron chi connectivity index (χ2n) is 6.24. The molecule has 0 aliphatic carbocycles. The monoisotopic (exact) mass is 372 g/mol. The third-order valence-electron chi connectivity index (χ3n) is 4.17. The van der Waals surface area contributed by atoms with Crippen LogP contribution in [0.1, 0.15) is 24.4 Å². The number of para-hydroxylation sites is 1. The molecule has 1 heterocycles. The molecule has 2 aromatic carbocycles. The molecule has 0 saturated heterocycles. The first kappa shape index (κ1) is 18.2. The first-order chi connectivity index (χ1) is 12.3. The molecule has 1 aromatic heterocycles. The number of hydrogen-bond donors (Lipinski definition) is 1. The zero-order valence-electron chi connectivity index (χ0n) is 14.8. The van der Waals surface area contributed by atoms with Crippen molar-refractivity contribution in [2.75, 3.05) is 12.4 Å². The lowest BCUT2D eigenvalue weighted by molar-refractivity contribution is 0.0998. The number of amides is 1. The standard InChI is InChI=1S/C19H20N2O4S/c1-13(2)21(3)26(23,24)16-10-8-15(9-11-16)20-19(22)18-12-14-6-4-5-7-17(14)25-18/h4-13H,1-3H3,(H,20,22). The SMILES string of the molecule is CC(C)N(C)S(=O)(=O)c1ccc(NC(=O)c2cc3ccccc3o2)cc1. The first-order valence-corrected chi connectivity index (χ1v) is 9.61. The minimum atomic E-state index is -3.55. The van der Waals surface area contributed by atoms with Gasteiger partial charge in [-0.2, -0.15) is 4.31 Å². The molecule has 0 fully saturated rings. The molecule has 26 heavy (non-hydrogen) atoms. The molecule has 7 heteroatoms. The maximum absolute atomic E-state index is 12.5. The Labute approximate surface area is 152 Å². The van der Waals surface area contributed by atoms with Crippen molar-refractivity contribution < 1.29 is 17.6 Å². The molecule has 0 aliphatic rings. The lowest BCUT2D eigenvalue weighted by Crippen LogP contribution is -2.33. The van der Waals surface area contributed by atoms with Crippen LogP contribution in [0, 0.1) is 0 Å². The number of nitrogens with one attached hydrogen (secondary N) is 1. The largest absolute Gasteiger partial charge is 0.451 e. The van der Waals surface area contributed by atoms with Crippen molar-refractivity contribution in [3.8, 4) is 0 Å². The van der Waals surface area contributed by atoms with Gasteiger partial charge in [0, 0.05) is 24.2 Å². The molecule has 0 saturated carbocycles. The van der Waals surface area contributed by atoms with Gasteiger partial charge >= 0.3 is 0 Å². The number of fused-ring (bicyclic) bond motifs is 1. The number of anilines is 1. The highest BCUT2D eigenvalue weighted by Crippen LogP contribution is 2.22. The summed E-state index contributed by atoms with van der Waals surface area (Å²) in [6.07, 6.45) is 0. The number of carbonyl (C=O) groups is 1. The number of sulfonamides is 1. The molecule has 0 radical (unpaired) electrons. The van der Waals surface area contributed by atoms with E-state index in [4.69, 9.17) is 4.42 Å². The van der Waals surface area contributed by atoms with E-state index in [1.54, 1.807) is 38.1 Å². The number of hydrogen-bond acceptors (Lipinski definition) is 4. The predicted octanol–water partition coefficient (Wildman–Crippen LogP) is 3.71. The Bertz CT molecular complexity index is 1000. The normalized spacial score (nSPS) is 12.0. The van der Waals surface area contributed by atoms with Gasteiger partial charge in [-0.25, -0.2) is 8.42 Å². The van der Waals surface area contributed by atoms with Crippen LogP contribution in [0.2, 0.25) is 0 Å². The smallest absolute Gasteiger partial charge is 0.291 e. The van der Waals surface area contributed by atoms with Gasteiger partial charge < -0.3 is 9.73 Å². The highest BCUT2D eigenvalue weighted by molar-refractivity contribution is 7.89. The summed E-state index contributed by atoms with van der Waals surface area (Å²) >= 11 is 0. The maximum atomic E-state index is 12.5. The van der Waals surface area contributed by atoms with Gasteiger partial charge in [0.05, 0.1) is 4.90 Å². The Morgan fingerprint density at radius 1 is 1.08 bits per heavy atom. The van der Waals surface area contributed by atoms with Gasteiger partial charge in [-0.1, -0.05) is 18.2 Å². The summed E-state index contributed by atoms with van der Waals surface area (Å²) in [4.78, 5) is 12.5. The molecule has 1 N–H and O–H groups in total. The number of nitrogens with zero attached hydrogens (tertiary/aromatic N) is 1. The predicted molar refractivity (Wildman–Crippen MR) is 101 cm³/mol. The molecule has 0 aliphatic heterocycles. The van der Waals surface area contributed by atoms with Crippen molar-refractivity contribution in [2.24, 2.45) is 0 Å². The van der Waals surface area contributed by atoms with E-state index in [0.717, 1.165) is 5.39 Å². The maximum Gasteiger partial charge on any atom is 0.291 e. The van der Waals surface area contributed by atoms with E-state index in [0.29, 0.717) is 11.3 Å². The van der Waals surface area contributed by atoms with Gasteiger partial charge in [0.1, 0.15) is 5.58 Å². The molecule has 0 spiro atoms. The molecule has 3 aromatic rings. The lowest BCUT2D eigenvalue weighted by atomic mass is 10.2. The van der Waals surface area contributed by atoms with Crippen LogP contribution in [0.15, 0.2) is 63.9 Å². The van der Waals surface area contributed by atoms with Crippen LogP contribution >= 0.6 is 0 Å². The van der Waals surface area contributed by atoms with E-state index in [1.807, 2.05) is 18.2 Å². The van der Waals surface area contributed by atoms with Crippen molar-refractivity contribution in [1.82, 2.24) is 4.31 Å². The van der Waals surface area contributed by atoms with E-state index in [1.165, 1.54) is 23.5 Å². The van der Waals surface area contributed by atoms with Gasteiger partial charge in [0.25, 0.3) is 5.91 Å². The summed E-state index contributed by atoms with van der Waals surface area (Å²) in [7, 11) is -2.01. The summed E-state index contributed by atoms with van der Waals surface area (Å²) < 4.78 is 31.7. The molecule has 0 unspecified atom stereocenters. The van der Waals surface area contributed by atoms with Crippen molar-refractivity contribution in [3.05, 3.63) is 60.4 Å². The molecule has 3 rings (SSSR count). The van der Waals surface area contributed by atoms with E-state index in [2.05, 4.69) is 5.32 Å². The van der Waals surface area contributed by atoms with Gasteiger partial charge in [-0.3, -0.25) is 4.79 Å². The van der Waals surface area contributed by atoms with Crippen molar-refractivity contribution in [2.45, 2.75) is 24.8 Å². The van der Waals surface area contributed by atoms with Crippen LogP contribution in [0.4, 0.5) is 5.69 Å². The average molecular weight is 372 g/mol. The number of furan rings is 1. The molecular formula is C19H20N2O4S. The quantitative estimate of drug-likeness (QED) is 0.740. The summed E-state index contributed by atoms with van der Waals surface area (Å²) in [5, 5.41) is 3.55. The zero-order chi connectivity index (χ0) is 18.9. The second kappa shape index (κ2) is 6.93. The molecule has 1 amide bonds. The van der Waals surface area contributed by atoms with Crippen LogP contribution in [0.25, 0.3) is 11.0 Å². The summed E-state index contributed by atoms with van der Waals surface area (Å²) in [6, 6.07) is 14.9. The van der Waals surface area contributed by atoms with Crippen molar-refractivity contribution in [1.29, 1.82) is 0 Å². The fourth-order valence-corrected chi connectivity index (χ4v) is 3.81. The molecule has 136 valence electrons.